The average Bonchev–Trinajstić information content (AvgIpc) is 3.32. The third-order valence-corrected chi connectivity index (χ3v) is 6.71. The largest absolute Gasteiger partial charge is 0.493 e. The molecule has 1 heterocycles. The summed E-state index contributed by atoms with van der Waals surface area (Å²) in [6, 6.07) is 26.4. The number of imidazole rings is 1. The van der Waals surface area contributed by atoms with Crippen molar-refractivity contribution in [3.63, 3.8) is 0 Å². The molecule has 0 saturated carbocycles. The van der Waals surface area contributed by atoms with Crippen LogP contribution in [0.25, 0.3) is 17.1 Å². The number of nitrogens with zero attached hydrogens (tertiary/aromatic N) is 2. The van der Waals surface area contributed by atoms with Crippen LogP contribution in [0.2, 0.25) is 0 Å². The topological polar surface area (TPSA) is 56.1 Å². The Bertz CT molecular complexity index is 1360. The van der Waals surface area contributed by atoms with Gasteiger partial charge in [0.25, 0.3) is 0 Å². The van der Waals surface area contributed by atoms with E-state index in [4.69, 9.17) is 9.72 Å². The number of carbonyl (C=O) groups is 1. The molecular weight excluding hydrogens is 482 g/mol. The van der Waals surface area contributed by atoms with Crippen LogP contribution < -0.4 is 10.1 Å². The van der Waals surface area contributed by atoms with Gasteiger partial charge in [0.1, 0.15) is 11.6 Å². The predicted molar refractivity (Wildman–Crippen MR) is 161 cm³/mol. The van der Waals surface area contributed by atoms with Gasteiger partial charge in [-0.25, -0.2) is 4.98 Å². The first-order valence-electron chi connectivity index (χ1n) is 14.0. The van der Waals surface area contributed by atoms with Crippen molar-refractivity contribution in [3.05, 3.63) is 115 Å². The molecule has 0 bridgehead atoms. The summed E-state index contributed by atoms with van der Waals surface area (Å²) in [4.78, 5) is 17.0. The zero-order valence-electron chi connectivity index (χ0n) is 22.7. The molecule has 4 rings (SSSR count). The van der Waals surface area contributed by atoms with Gasteiger partial charge in [-0.3, -0.25) is 4.79 Å². The van der Waals surface area contributed by atoms with E-state index in [0.29, 0.717) is 13.2 Å². The van der Waals surface area contributed by atoms with E-state index in [1.165, 1.54) is 11.1 Å². The number of fused-ring (bicyclic) bond motifs is 1. The van der Waals surface area contributed by atoms with Crippen molar-refractivity contribution in [3.8, 4) is 5.75 Å². The Morgan fingerprint density at radius 2 is 1.69 bits per heavy atom. The maximum Gasteiger partial charge on any atom is 0.243 e. The van der Waals surface area contributed by atoms with E-state index in [1.807, 2.05) is 66.7 Å². The normalized spacial score (nSPS) is 11.2. The SMILES string of the molecule is C=CCc1ccccc1OCCCCn1c(CCCCCNC(=O)/C=C/c2ccccc2)nc2ccccc21. The van der Waals surface area contributed by atoms with Gasteiger partial charge < -0.3 is 14.6 Å². The molecule has 3 aromatic carbocycles. The number of rotatable bonds is 16. The second-order valence-electron chi connectivity index (χ2n) is 9.67. The Morgan fingerprint density at radius 1 is 0.897 bits per heavy atom. The van der Waals surface area contributed by atoms with E-state index in [1.54, 1.807) is 6.08 Å². The molecule has 0 unspecified atom stereocenters. The van der Waals surface area contributed by atoms with E-state index >= 15 is 0 Å². The number of para-hydroxylation sites is 3. The number of hydrogen-bond acceptors (Lipinski definition) is 3. The predicted octanol–water partition coefficient (Wildman–Crippen LogP) is 7.17. The van der Waals surface area contributed by atoms with Crippen molar-refractivity contribution in [2.75, 3.05) is 13.2 Å². The highest BCUT2D eigenvalue weighted by Gasteiger charge is 2.10. The number of nitrogens with one attached hydrogen (secondary N) is 1. The van der Waals surface area contributed by atoms with E-state index in [0.717, 1.165) is 74.1 Å². The first-order chi connectivity index (χ1) is 19.2. The lowest BCUT2D eigenvalue weighted by Crippen LogP contribution is -2.22. The molecule has 0 radical (unpaired) electrons. The molecule has 0 atom stereocenters. The van der Waals surface area contributed by atoms with Crippen LogP contribution in [0.4, 0.5) is 0 Å². The number of unbranched alkanes of at least 4 members (excludes halogenated alkanes) is 3. The molecule has 5 nitrogen and oxygen atoms in total. The zero-order chi connectivity index (χ0) is 27.1. The Hall–Kier alpha value is -4.12. The number of aromatic nitrogens is 2. The van der Waals surface area contributed by atoms with Gasteiger partial charge in [-0.2, -0.15) is 0 Å². The molecule has 0 fully saturated rings. The van der Waals surface area contributed by atoms with Gasteiger partial charge in [-0.05, 0) is 67.5 Å². The van der Waals surface area contributed by atoms with E-state index in [9.17, 15) is 4.79 Å². The second kappa shape index (κ2) is 15.3. The summed E-state index contributed by atoms with van der Waals surface area (Å²) in [5.41, 5.74) is 4.46. The minimum Gasteiger partial charge on any atom is -0.493 e. The molecule has 5 heteroatoms. The van der Waals surface area contributed by atoms with Crippen molar-refractivity contribution in [1.29, 1.82) is 0 Å². The molecule has 0 aliphatic carbocycles. The van der Waals surface area contributed by atoms with Crippen LogP contribution in [0.15, 0.2) is 97.6 Å². The van der Waals surface area contributed by atoms with Gasteiger partial charge in [0.15, 0.2) is 0 Å². The third kappa shape index (κ3) is 8.71. The first kappa shape index (κ1) is 27.9. The molecule has 202 valence electrons. The fourth-order valence-corrected chi connectivity index (χ4v) is 4.68. The smallest absolute Gasteiger partial charge is 0.243 e. The lowest BCUT2D eigenvalue weighted by Gasteiger charge is -2.12. The average molecular weight is 522 g/mol. The highest BCUT2D eigenvalue weighted by Crippen LogP contribution is 2.21. The van der Waals surface area contributed by atoms with Crippen LogP contribution in [-0.2, 0) is 24.2 Å². The molecule has 0 saturated heterocycles. The molecule has 0 aliphatic rings. The Morgan fingerprint density at radius 3 is 2.56 bits per heavy atom. The van der Waals surface area contributed by atoms with Gasteiger partial charge in [0.2, 0.25) is 5.91 Å². The van der Waals surface area contributed by atoms with Crippen molar-refractivity contribution < 1.29 is 9.53 Å². The highest BCUT2D eigenvalue weighted by atomic mass is 16.5. The molecule has 39 heavy (non-hydrogen) atoms. The monoisotopic (exact) mass is 521 g/mol. The molecule has 1 aromatic heterocycles. The zero-order valence-corrected chi connectivity index (χ0v) is 22.7. The van der Waals surface area contributed by atoms with Crippen molar-refractivity contribution in [2.24, 2.45) is 0 Å². The molecule has 0 spiro atoms. The van der Waals surface area contributed by atoms with Crippen LogP contribution in [0.5, 0.6) is 5.75 Å². The number of allylic oxidation sites excluding steroid dienone is 1. The summed E-state index contributed by atoms with van der Waals surface area (Å²) in [5, 5.41) is 2.98. The number of carbonyl (C=O) groups excluding carboxylic acids is 1. The van der Waals surface area contributed by atoms with E-state index < -0.39 is 0 Å². The summed E-state index contributed by atoms with van der Waals surface area (Å²) in [6.45, 7) is 6.15. The van der Waals surface area contributed by atoms with Gasteiger partial charge in [0, 0.05) is 25.6 Å². The van der Waals surface area contributed by atoms with E-state index in [-0.39, 0.29) is 5.91 Å². The van der Waals surface area contributed by atoms with Gasteiger partial charge in [-0.15, -0.1) is 6.58 Å². The number of amides is 1. The Balaban J connectivity index is 1.20. The number of benzene rings is 3. The summed E-state index contributed by atoms with van der Waals surface area (Å²) in [7, 11) is 0. The number of ether oxygens (including phenoxy) is 1. The van der Waals surface area contributed by atoms with Crippen LogP contribution in [0.3, 0.4) is 0 Å². The Kier molecular flexibility index (Phi) is 11.0. The number of hydrogen-bond donors (Lipinski definition) is 1. The lowest BCUT2D eigenvalue weighted by atomic mass is 10.1. The summed E-state index contributed by atoms with van der Waals surface area (Å²) in [5.74, 6) is 2.05. The van der Waals surface area contributed by atoms with Crippen molar-refractivity contribution in [2.45, 2.75) is 51.5 Å². The second-order valence-corrected chi connectivity index (χ2v) is 9.67. The quantitative estimate of drug-likeness (QED) is 0.0966. The molecule has 1 amide bonds. The highest BCUT2D eigenvalue weighted by molar-refractivity contribution is 5.91. The van der Waals surface area contributed by atoms with Crippen molar-refractivity contribution >= 4 is 23.0 Å². The minimum absolute atomic E-state index is 0.0474. The van der Waals surface area contributed by atoms with Crippen LogP contribution in [-0.4, -0.2) is 28.6 Å². The van der Waals surface area contributed by atoms with E-state index in [2.05, 4.69) is 40.7 Å². The van der Waals surface area contributed by atoms with Gasteiger partial charge in [0.05, 0.1) is 17.6 Å². The molecule has 0 aliphatic heterocycles. The fraction of sp³-hybridized carbons (Fsp3) is 0.294. The maximum absolute atomic E-state index is 12.1. The van der Waals surface area contributed by atoms with Crippen LogP contribution >= 0.6 is 0 Å². The van der Waals surface area contributed by atoms with Crippen LogP contribution in [0.1, 0.15) is 49.1 Å². The summed E-state index contributed by atoms with van der Waals surface area (Å²) in [6.07, 6.45) is 12.2. The minimum atomic E-state index is -0.0474. The molecular formula is C34H39N3O2. The first-order valence-corrected chi connectivity index (χ1v) is 14.0. The Labute approximate surface area is 232 Å². The lowest BCUT2D eigenvalue weighted by molar-refractivity contribution is -0.116. The van der Waals surface area contributed by atoms with Gasteiger partial charge >= 0.3 is 0 Å². The summed E-state index contributed by atoms with van der Waals surface area (Å²) < 4.78 is 8.45. The fourth-order valence-electron chi connectivity index (χ4n) is 4.68. The third-order valence-electron chi connectivity index (χ3n) is 6.71. The van der Waals surface area contributed by atoms with Crippen LogP contribution in [0, 0.1) is 0 Å². The van der Waals surface area contributed by atoms with Crippen molar-refractivity contribution in [1.82, 2.24) is 14.9 Å². The molecule has 4 aromatic rings. The number of aryl methyl sites for hydroxylation is 2. The standard InChI is InChI=1S/C34H39N3O2/c1-2-15-29-18-8-11-21-32(29)39-27-14-13-26-37-31-20-10-9-19-30(31)36-33(37)22-7-4-12-25-35-34(38)24-23-28-16-5-3-6-17-28/h2-3,5-6,8-11,16-21,23-24H,1,4,7,12-15,22,25-27H2,(H,35,38)/b24-23+. The summed E-state index contributed by atoms with van der Waals surface area (Å²) >= 11 is 0. The molecule has 1 N–H and O–H groups in total. The van der Waals surface area contributed by atoms with Gasteiger partial charge in [-0.1, -0.05) is 73.2 Å². The maximum atomic E-state index is 12.1.